The number of hydrogen-bond donors (Lipinski definition) is 2. The lowest BCUT2D eigenvalue weighted by Crippen LogP contribution is -2.02. The first kappa shape index (κ1) is 24.0. The summed E-state index contributed by atoms with van der Waals surface area (Å²) in [4.78, 5) is 12.0. The molecular formula is C25H38O3. The Morgan fingerprint density at radius 2 is 1.36 bits per heavy atom. The molecule has 0 aliphatic carbocycles. The van der Waals surface area contributed by atoms with Crippen LogP contribution < -0.4 is 0 Å². The van der Waals surface area contributed by atoms with E-state index >= 15 is 0 Å². The molecule has 1 aromatic rings. The lowest BCUT2D eigenvalue weighted by Gasteiger charge is -2.04. The Kier molecular flexibility index (Phi) is 13.7. The third-order valence-corrected chi connectivity index (χ3v) is 4.77. The predicted octanol–water partition coefficient (Wildman–Crippen LogP) is 7.02. The van der Waals surface area contributed by atoms with Gasteiger partial charge in [0.15, 0.2) is 0 Å². The van der Waals surface area contributed by atoms with Crippen molar-refractivity contribution in [3.05, 3.63) is 48.1 Å². The van der Waals surface area contributed by atoms with E-state index in [0.29, 0.717) is 12.0 Å². The van der Waals surface area contributed by atoms with Gasteiger partial charge in [0.1, 0.15) is 17.3 Å². The Balaban J connectivity index is 1.96. The number of allylic oxidation sites excluding steroid dienone is 4. The van der Waals surface area contributed by atoms with Gasteiger partial charge in [0.2, 0.25) is 0 Å². The van der Waals surface area contributed by atoms with Crippen molar-refractivity contribution in [1.82, 2.24) is 0 Å². The minimum absolute atomic E-state index is 0.000143. The molecule has 0 spiro atoms. The van der Waals surface area contributed by atoms with Crippen LogP contribution in [0.1, 0.15) is 89.5 Å². The van der Waals surface area contributed by atoms with E-state index in [9.17, 15) is 15.0 Å². The lowest BCUT2D eigenvalue weighted by molar-refractivity contribution is -0.118. The summed E-state index contributed by atoms with van der Waals surface area (Å²) in [7, 11) is 0. The maximum absolute atomic E-state index is 12.0. The number of carbonyl (C=O) groups excluding carboxylic acids is 1. The zero-order chi connectivity index (χ0) is 20.5. The first-order chi connectivity index (χ1) is 13.6. The van der Waals surface area contributed by atoms with E-state index in [2.05, 4.69) is 31.2 Å². The average Bonchev–Trinajstić information content (AvgIpc) is 2.64. The summed E-state index contributed by atoms with van der Waals surface area (Å²) in [5.41, 5.74) is 0.671. The number of ketones is 1. The van der Waals surface area contributed by atoms with Crippen molar-refractivity contribution in [2.75, 3.05) is 0 Å². The molecule has 0 bridgehead atoms. The first-order valence-corrected chi connectivity index (χ1v) is 11.0. The summed E-state index contributed by atoms with van der Waals surface area (Å²) < 4.78 is 0. The molecule has 156 valence electrons. The molecule has 0 atom stereocenters. The second-order valence-electron chi connectivity index (χ2n) is 7.55. The lowest BCUT2D eigenvalue weighted by atomic mass is 10.0. The summed E-state index contributed by atoms with van der Waals surface area (Å²) in [5, 5.41) is 18.9. The van der Waals surface area contributed by atoms with Crippen LogP contribution in [0.3, 0.4) is 0 Å². The van der Waals surface area contributed by atoms with Crippen molar-refractivity contribution in [2.24, 2.45) is 0 Å². The Labute approximate surface area is 171 Å². The highest BCUT2D eigenvalue weighted by atomic mass is 16.3. The Morgan fingerprint density at radius 1 is 0.786 bits per heavy atom. The van der Waals surface area contributed by atoms with Crippen molar-refractivity contribution in [3.8, 4) is 11.5 Å². The van der Waals surface area contributed by atoms with Gasteiger partial charge >= 0.3 is 0 Å². The summed E-state index contributed by atoms with van der Waals surface area (Å²) >= 11 is 0. The Morgan fingerprint density at radius 3 is 2.00 bits per heavy atom. The highest BCUT2D eigenvalue weighted by Gasteiger charge is 2.06. The molecule has 0 unspecified atom stereocenters. The van der Waals surface area contributed by atoms with Crippen LogP contribution in [0.5, 0.6) is 11.5 Å². The van der Waals surface area contributed by atoms with Crippen LogP contribution in [0, 0.1) is 0 Å². The van der Waals surface area contributed by atoms with Crippen LogP contribution in [0.15, 0.2) is 42.5 Å². The molecule has 1 aromatic carbocycles. The fraction of sp³-hybridized carbons (Fsp3) is 0.560. The minimum atomic E-state index is -0.000143. The number of phenols is 2. The predicted molar refractivity (Wildman–Crippen MR) is 118 cm³/mol. The van der Waals surface area contributed by atoms with Gasteiger partial charge in [0.25, 0.3) is 0 Å². The maximum atomic E-state index is 12.0. The van der Waals surface area contributed by atoms with Gasteiger partial charge in [-0.1, -0.05) is 63.3 Å². The fourth-order valence-electron chi connectivity index (χ4n) is 3.21. The van der Waals surface area contributed by atoms with E-state index in [0.717, 1.165) is 25.7 Å². The fourth-order valence-corrected chi connectivity index (χ4v) is 3.21. The normalized spacial score (nSPS) is 11.6. The molecular weight excluding hydrogens is 348 g/mol. The number of unbranched alkanes of at least 4 members (excludes halogenated alkanes) is 8. The molecule has 2 N–H and O–H groups in total. The first-order valence-electron chi connectivity index (χ1n) is 11.0. The Bertz CT molecular complexity index is 582. The van der Waals surface area contributed by atoms with Gasteiger partial charge in [0, 0.05) is 18.9 Å². The molecule has 1 rings (SSSR count). The van der Waals surface area contributed by atoms with Crippen LogP contribution in [-0.2, 0) is 11.2 Å². The largest absolute Gasteiger partial charge is 0.508 e. The average molecular weight is 387 g/mol. The van der Waals surface area contributed by atoms with E-state index in [1.54, 1.807) is 0 Å². The van der Waals surface area contributed by atoms with E-state index in [1.807, 2.05) is 0 Å². The van der Waals surface area contributed by atoms with Gasteiger partial charge in [-0.25, -0.2) is 0 Å². The van der Waals surface area contributed by atoms with Gasteiger partial charge < -0.3 is 10.2 Å². The number of phenolic OH excluding ortho intramolecular Hbond substituents is 2. The number of benzene rings is 1. The quantitative estimate of drug-likeness (QED) is 0.237. The van der Waals surface area contributed by atoms with Crippen LogP contribution in [0.4, 0.5) is 0 Å². The van der Waals surface area contributed by atoms with Gasteiger partial charge in [-0.3, -0.25) is 4.79 Å². The molecule has 0 amide bonds. The summed E-state index contributed by atoms with van der Waals surface area (Å²) in [6, 6.07) is 4.34. The smallest absolute Gasteiger partial charge is 0.137 e. The number of carbonyl (C=O) groups is 1. The topological polar surface area (TPSA) is 57.5 Å². The van der Waals surface area contributed by atoms with Crippen LogP contribution >= 0.6 is 0 Å². The molecule has 0 radical (unpaired) electrons. The van der Waals surface area contributed by atoms with Crippen molar-refractivity contribution >= 4 is 5.78 Å². The summed E-state index contributed by atoms with van der Waals surface area (Å²) in [6.45, 7) is 2.23. The molecule has 0 saturated heterocycles. The monoisotopic (exact) mass is 386 g/mol. The third kappa shape index (κ3) is 13.2. The number of hydrogen-bond acceptors (Lipinski definition) is 3. The van der Waals surface area contributed by atoms with Crippen molar-refractivity contribution in [2.45, 2.75) is 90.4 Å². The zero-order valence-corrected chi connectivity index (χ0v) is 17.5. The standard InChI is InChI=1S/C25H38O3/c1-2-3-4-5-6-7-8-9-10-11-12-13-14-15-16-17-23(26)18-22-19-24(27)21-25(28)20-22/h6-7,9-10,19-21,27-28H,2-5,8,11-18H2,1H3. The molecule has 0 aliphatic heterocycles. The van der Waals surface area contributed by atoms with E-state index in [4.69, 9.17) is 0 Å². The third-order valence-electron chi connectivity index (χ3n) is 4.77. The van der Waals surface area contributed by atoms with Crippen LogP contribution in [0.25, 0.3) is 0 Å². The van der Waals surface area contributed by atoms with Crippen LogP contribution in [-0.4, -0.2) is 16.0 Å². The minimum Gasteiger partial charge on any atom is -0.508 e. The molecule has 0 fully saturated rings. The van der Waals surface area contributed by atoms with E-state index in [-0.39, 0.29) is 23.7 Å². The van der Waals surface area contributed by atoms with Crippen molar-refractivity contribution in [1.29, 1.82) is 0 Å². The van der Waals surface area contributed by atoms with E-state index in [1.165, 1.54) is 63.1 Å². The van der Waals surface area contributed by atoms with Crippen molar-refractivity contribution in [3.63, 3.8) is 0 Å². The molecule has 3 nitrogen and oxygen atoms in total. The number of aromatic hydroxyl groups is 2. The molecule has 28 heavy (non-hydrogen) atoms. The number of Topliss-reactive ketones (excluding diaryl/α,β-unsaturated/α-hetero) is 1. The molecule has 0 aliphatic rings. The molecule has 0 aromatic heterocycles. The second kappa shape index (κ2) is 16.0. The summed E-state index contributed by atoms with van der Waals surface area (Å²) in [5.74, 6) is 0.162. The van der Waals surface area contributed by atoms with Crippen LogP contribution in [0.2, 0.25) is 0 Å². The van der Waals surface area contributed by atoms with Gasteiger partial charge in [-0.15, -0.1) is 0 Å². The maximum Gasteiger partial charge on any atom is 0.137 e. The highest BCUT2D eigenvalue weighted by molar-refractivity contribution is 5.81. The molecule has 0 heterocycles. The highest BCUT2D eigenvalue weighted by Crippen LogP contribution is 2.21. The zero-order valence-electron chi connectivity index (χ0n) is 17.5. The second-order valence-corrected chi connectivity index (χ2v) is 7.55. The molecule has 0 saturated carbocycles. The van der Waals surface area contributed by atoms with Gasteiger partial charge in [-0.05, 0) is 56.2 Å². The Hall–Kier alpha value is -2.03. The molecule has 3 heteroatoms. The number of rotatable bonds is 16. The van der Waals surface area contributed by atoms with E-state index < -0.39 is 0 Å². The van der Waals surface area contributed by atoms with Gasteiger partial charge in [0.05, 0.1) is 0 Å². The SMILES string of the molecule is CCCCCC=CCC=CCCCCCCCC(=O)Cc1cc(O)cc(O)c1. The van der Waals surface area contributed by atoms with Gasteiger partial charge in [-0.2, -0.15) is 0 Å². The summed E-state index contributed by atoms with van der Waals surface area (Å²) in [6.07, 6.45) is 22.9. The van der Waals surface area contributed by atoms with Crippen molar-refractivity contribution < 1.29 is 15.0 Å².